The second-order valence-electron chi connectivity index (χ2n) is 11.4. The van der Waals surface area contributed by atoms with Crippen LogP contribution in [0, 0.1) is 0 Å². The minimum atomic E-state index is -3.27. The first kappa shape index (κ1) is 40.0. The molecule has 0 atom stereocenters. The topological polar surface area (TPSA) is 97.6 Å². The molecule has 0 heterocycles. The molecule has 0 aliphatic carbocycles. The summed E-state index contributed by atoms with van der Waals surface area (Å²) in [6.07, 6.45) is 28.3. The Morgan fingerprint density at radius 1 is 0.475 bits per heavy atom. The fourth-order valence-electron chi connectivity index (χ4n) is 4.84. The predicted molar refractivity (Wildman–Crippen MR) is 175 cm³/mol. The zero-order valence-electron chi connectivity index (χ0n) is 27.0. The molecule has 0 rings (SSSR count). The minimum absolute atomic E-state index is 0.496. The Bertz CT molecular complexity index is 496. The average molecular weight is 591 g/mol. The maximum absolute atomic E-state index is 13.3. The van der Waals surface area contributed by atoms with Crippen molar-refractivity contribution in [1.29, 1.82) is 0 Å². The van der Waals surface area contributed by atoms with Crippen LogP contribution in [-0.2, 0) is 13.6 Å². The average Bonchev–Trinajstić information content (AvgIpc) is 2.95. The predicted octanol–water partition coefficient (Wildman–Crippen LogP) is 8.48. The molecule has 5 N–H and O–H groups in total. The van der Waals surface area contributed by atoms with E-state index in [-0.39, 0.29) is 0 Å². The molecule has 0 bridgehead atoms. The number of hydrogen-bond donors (Lipinski definition) is 4. The van der Waals surface area contributed by atoms with Crippen LogP contribution in [0.3, 0.4) is 0 Å². The first-order chi connectivity index (χ1) is 19.7. The third-order valence-electron chi connectivity index (χ3n) is 7.43. The molecule has 0 saturated carbocycles. The quantitative estimate of drug-likeness (QED) is 0.0434. The highest BCUT2D eigenvalue weighted by atomic mass is 31.2. The van der Waals surface area contributed by atoms with Crippen LogP contribution in [-0.4, -0.2) is 52.5 Å². The maximum Gasteiger partial charge on any atom is 0.405 e. The number of nitrogens with two attached hydrogens (primary N) is 1. The number of nitrogens with one attached hydrogen (secondary N) is 3. The SMILES string of the molecule is CCCCCCCCCCCCCOP(=O)(NCCNCCNCCN)OCCCCCCCCCCCCC. The van der Waals surface area contributed by atoms with Crippen molar-refractivity contribution in [2.24, 2.45) is 5.73 Å². The summed E-state index contributed by atoms with van der Waals surface area (Å²) in [6, 6.07) is 0. The molecule has 0 aliphatic rings. The zero-order chi connectivity index (χ0) is 29.2. The van der Waals surface area contributed by atoms with Crippen LogP contribution < -0.4 is 21.5 Å². The third kappa shape index (κ3) is 30.9. The van der Waals surface area contributed by atoms with Crippen LogP contribution >= 0.6 is 7.75 Å². The van der Waals surface area contributed by atoms with Crippen molar-refractivity contribution in [3.05, 3.63) is 0 Å². The van der Waals surface area contributed by atoms with Crippen LogP contribution in [0.25, 0.3) is 0 Å². The molecule has 0 unspecified atom stereocenters. The summed E-state index contributed by atoms with van der Waals surface area (Å²) in [4.78, 5) is 0. The number of rotatable bonds is 35. The van der Waals surface area contributed by atoms with Gasteiger partial charge in [0.05, 0.1) is 13.2 Å². The molecular formula is C32H71N4O3P. The third-order valence-corrected chi connectivity index (χ3v) is 9.08. The lowest BCUT2D eigenvalue weighted by Crippen LogP contribution is -2.34. The van der Waals surface area contributed by atoms with E-state index in [9.17, 15) is 4.57 Å². The van der Waals surface area contributed by atoms with Gasteiger partial charge in [-0.15, -0.1) is 0 Å². The van der Waals surface area contributed by atoms with Crippen LogP contribution in [0.5, 0.6) is 0 Å². The van der Waals surface area contributed by atoms with Gasteiger partial charge < -0.3 is 16.4 Å². The summed E-state index contributed by atoms with van der Waals surface area (Å²) in [5, 5.41) is 9.70. The van der Waals surface area contributed by atoms with E-state index in [0.29, 0.717) is 26.3 Å². The van der Waals surface area contributed by atoms with Crippen molar-refractivity contribution in [3.63, 3.8) is 0 Å². The molecule has 0 radical (unpaired) electrons. The molecule has 242 valence electrons. The molecule has 0 aromatic rings. The van der Waals surface area contributed by atoms with Gasteiger partial charge in [0.15, 0.2) is 0 Å². The standard InChI is InChI=1S/C32H71N4O3P/c1-3-5-7-9-11-13-15-17-19-21-23-31-38-40(37,36-30-29-35-28-27-34-26-25-33)39-32-24-22-20-18-16-14-12-10-8-6-4-2/h34-35H,3-33H2,1-2H3,(H,36,37). The first-order valence-corrected chi connectivity index (χ1v) is 19.0. The summed E-state index contributed by atoms with van der Waals surface area (Å²) in [7, 11) is -3.27. The Balaban J connectivity index is 4.03. The van der Waals surface area contributed by atoms with E-state index in [1.807, 2.05) is 0 Å². The molecular weight excluding hydrogens is 519 g/mol. The molecule has 8 heteroatoms. The van der Waals surface area contributed by atoms with E-state index < -0.39 is 7.75 Å². The van der Waals surface area contributed by atoms with Crippen molar-refractivity contribution in [2.75, 3.05) is 52.5 Å². The Morgan fingerprint density at radius 3 is 1.18 bits per heavy atom. The van der Waals surface area contributed by atoms with Crippen LogP contribution in [0.15, 0.2) is 0 Å². The lowest BCUT2D eigenvalue weighted by Gasteiger charge is -2.20. The van der Waals surface area contributed by atoms with Crippen molar-refractivity contribution in [2.45, 2.75) is 155 Å². The van der Waals surface area contributed by atoms with Gasteiger partial charge in [0.2, 0.25) is 0 Å². The largest absolute Gasteiger partial charge is 0.405 e. The summed E-state index contributed by atoms with van der Waals surface area (Å²) in [5.41, 5.74) is 5.50. The van der Waals surface area contributed by atoms with Gasteiger partial charge in [0.1, 0.15) is 0 Å². The van der Waals surface area contributed by atoms with E-state index in [4.69, 9.17) is 14.8 Å². The molecule has 0 spiro atoms. The first-order valence-electron chi connectivity index (χ1n) is 17.4. The van der Waals surface area contributed by atoms with Gasteiger partial charge in [0.25, 0.3) is 0 Å². The molecule has 0 fully saturated rings. The van der Waals surface area contributed by atoms with Gasteiger partial charge in [0, 0.05) is 39.3 Å². The van der Waals surface area contributed by atoms with Crippen LogP contribution in [0.1, 0.15) is 155 Å². The summed E-state index contributed by atoms with van der Waals surface area (Å²) >= 11 is 0. The molecule has 0 aromatic heterocycles. The monoisotopic (exact) mass is 591 g/mol. The van der Waals surface area contributed by atoms with Gasteiger partial charge >= 0.3 is 7.75 Å². The van der Waals surface area contributed by atoms with Crippen molar-refractivity contribution < 1.29 is 13.6 Å². The fraction of sp³-hybridized carbons (Fsp3) is 1.00. The summed E-state index contributed by atoms with van der Waals surface area (Å²) in [6.45, 7) is 10.0. The smallest absolute Gasteiger partial charge is 0.329 e. The van der Waals surface area contributed by atoms with Gasteiger partial charge in [-0.2, -0.15) is 0 Å². The molecule has 0 aromatic carbocycles. The molecule has 0 aliphatic heterocycles. The number of unbranched alkanes of at least 4 members (excludes halogenated alkanes) is 20. The Morgan fingerprint density at radius 2 is 0.800 bits per heavy atom. The van der Waals surface area contributed by atoms with Crippen molar-refractivity contribution in [1.82, 2.24) is 15.7 Å². The van der Waals surface area contributed by atoms with Gasteiger partial charge in [-0.25, -0.2) is 9.65 Å². The van der Waals surface area contributed by atoms with Crippen molar-refractivity contribution >= 4 is 7.75 Å². The zero-order valence-corrected chi connectivity index (χ0v) is 27.9. The lowest BCUT2D eigenvalue weighted by atomic mass is 10.1. The second kappa shape index (κ2) is 33.5. The summed E-state index contributed by atoms with van der Waals surface area (Å²) < 4.78 is 25.0. The van der Waals surface area contributed by atoms with Crippen LogP contribution in [0.2, 0.25) is 0 Å². The van der Waals surface area contributed by atoms with E-state index in [0.717, 1.165) is 51.9 Å². The molecule has 0 saturated heterocycles. The highest BCUT2D eigenvalue weighted by Gasteiger charge is 2.23. The van der Waals surface area contributed by atoms with E-state index in [2.05, 4.69) is 29.6 Å². The Kier molecular flexibility index (Phi) is 33.5. The van der Waals surface area contributed by atoms with E-state index >= 15 is 0 Å². The Labute approximate surface area is 250 Å². The molecule has 0 amide bonds. The van der Waals surface area contributed by atoms with Gasteiger partial charge in [-0.1, -0.05) is 142 Å². The minimum Gasteiger partial charge on any atom is -0.329 e. The Hall–Kier alpha value is -0.0100. The maximum atomic E-state index is 13.3. The lowest BCUT2D eigenvalue weighted by molar-refractivity contribution is 0.189. The normalized spacial score (nSPS) is 12.0. The van der Waals surface area contributed by atoms with Gasteiger partial charge in [-0.05, 0) is 12.8 Å². The highest BCUT2D eigenvalue weighted by molar-refractivity contribution is 7.51. The van der Waals surface area contributed by atoms with E-state index in [1.54, 1.807) is 0 Å². The van der Waals surface area contributed by atoms with Crippen molar-refractivity contribution in [3.8, 4) is 0 Å². The molecule has 7 nitrogen and oxygen atoms in total. The number of hydrogen-bond acceptors (Lipinski definition) is 6. The molecule has 40 heavy (non-hydrogen) atoms. The fourth-order valence-corrected chi connectivity index (χ4v) is 6.22. The van der Waals surface area contributed by atoms with E-state index in [1.165, 1.54) is 116 Å². The second-order valence-corrected chi connectivity index (χ2v) is 13.3. The highest BCUT2D eigenvalue weighted by Crippen LogP contribution is 2.43. The van der Waals surface area contributed by atoms with Crippen LogP contribution in [0.4, 0.5) is 0 Å². The summed E-state index contributed by atoms with van der Waals surface area (Å²) in [5.74, 6) is 0. The van der Waals surface area contributed by atoms with Gasteiger partial charge in [-0.3, -0.25) is 9.05 Å².